The van der Waals surface area contributed by atoms with E-state index in [1.807, 2.05) is 12.3 Å². The molecule has 5 nitrogen and oxygen atoms in total. The van der Waals surface area contributed by atoms with Crippen LogP contribution in [0.1, 0.15) is 36.4 Å². The predicted octanol–water partition coefficient (Wildman–Crippen LogP) is 1.03. The molecule has 3 heterocycles. The Bertz CT molecular complexity index is 354. The number of hydrogen-bond acceptors (Lipinski definition) is 5. The van der Waals surface area contributed by atoms with Gasteiger partial charge in [-0.05, 0) is 18.9 Å². The SMILES string of the molecule is c1cc(C2CCOCC2)nc(C2CNCCO2)n1. The number of nitrogens with one attached hydrogen (secondary N) is 1. The van der Waals surface area contributed by atoms with E-state index in [4.69, 9.17) is 9.47 Å². The van der Waals surface area contributed by atoms with Gasteiger partial charge in [0.05, 0.1) is 6.61 Å². The second-order valence-corrected chi connectivity index (χ2v) is 4.79. The van der Waals surface area contributed by atoms with Crippen molar-refractivity contribution in [1.82, 2.24) is 15.3 Å². The zero-order chi connectivity index (χ0) is 12.2. The van der Waals surface area contributed by atoms with Crippen LogP contribution in [0.15, 0.2) is 12.3 Å². The average Bonchev–Trinajstić information content (AvgIpc) is 2.49. The van der Waals surface area contributed by atoms with Crippen LogP contribution in [-0.2, 0) is 9.47 Å². The smallest absolute Gasteiger partial charge is 0.158 e. The minimum absolute atomic E-state index is 0.00135. The molecule has 1 aromatic heterocycles. The number of nitrogens with zero attached hydrogens (tertiary/aromatic N) is 2. The summed E-state index contributed by atoms with van der Waals surface area (Å²) in [5, 5.41) is 3.31. The van der Waals surface area contributed by atoms with Gasteiger partial charge in [0, 0.05) is 44.1 Å². The first-order valence-corrected chi connectivity index (χ1v) is 6.66. The van der Waals surface area contributed by atoms with E-state index in [0.717, 1.165) is 57.3 Å². The summed E-state index contributed by atoms with van der Waals surface area (Å²) < 4.78 is 11.1. The molecule has 1 N–H and O–H groups in total. The summed E-state index contributed by atoms with van der Waals surface area (Å²) in [5.41, 5.74) is 1.14. The summed E-state index contributed by atoms with van der Waals surface area (Å²) in [6.07, 6.45) is 3.96. The number of aromatic nitrogens is 2. The van der Waals surface area contributed by atoms with Gasteiger partial charge in [0.25, 0.3) is 0 Å². The van der Waals surface area contributed by atoms with Gasteiger partial charge in [-0.15, -0.1) is 0 Å². The number of hydrogen-bond donors (Lipinski definition) is 1. The predicted molar refractivity (Wildman–Crippen MR) is 66.4 cm³/mol. The molecule has 0 aliphatic carbocycles. The highest BCUT2D eigenvalue weighted by molar-refractivity contribution is 5.10. The van der Waals surface area contributed by atoms with Crippen LogP contribution in [0, 0.1) is 0 Å². The van der Waals surface area contributed by atoms with Gasteiger partial charge in [-0.25, -0.2) is 9.97 Å². The Balaban J connectivity index is 1.75. The lowest BCUT2D eigenvalue weighted by Gasteiger charge is -2.25. The van der Waals surface area contributed by atoms with Gasteiger partial charge >= 0.3 is 0 Å². The van der Waals surface area contributed by atoms with Crippen LogP contribution in [-0.4, -0.2) is 42.9 Å². The lowest BCUT2D eigenvalue weighted by molar-refractivity contribution is 0.0217. The van der Waals surface area contributed by atoms with Gasteiger partial charge in [0.2, 0.25) is 0 Å². The molecule has 2 aliphatic rings. The number of morpholine rings is 1. The molecule has 0 radical (unpaired) electrons. The van der Waals surface area contributed by atoms with Gasteiger partial charge in [-0.3, -0.25) is 0 Å². The maximum atomic E-state index is 5.69. The topological polar surface area (TPSA) is 56.3 Å². The summed E-state index contributed by atoms with van der Waals surface area (Å²) in [6.45, 7) is 4.12. The van der Waals surface area contributed by atoms with Crippen molar-refractivity contribution in [2.75, 3.05) is 32.9 Å². The van der Waals surface area contributed by atoms with E-state index in [0.29, 0.717) is 5.92 Å². The maximum Gasteiger partial charge on any atom is 0.158 e. The van der Waals surface area contributed by atoms with E-state index in [2.05, 4.69) is 15.3 Å². The molecule has 2 fully saturated rings. The Labute approximate surface area is 107 Å². The van der Waals surface area contributed by atoms with Crippen molar-refractivity contribution in [2.24, 2.45) is 0 Å². The molecule has 0 amide bonds. The molecule has 0 aromatic carbocycles. The molecule has 3 rings (SSSR count). The highest BCUT2D eigenvalue weighted by Crippen LogP contribution is 2.26. The molecule has 18 heavy (non-hydrogen) atoms. The van der Waals surface area contributed by atoms with Crippen LogP contribution >= 0.6 is 0 Å². The molecular formula is C13H19N3O2. The fraction of sp³-hybridized carbons (Fsp3) is 0.692. The largest absolute Gasteiger partial charge is 0.381 e. The molecular weight excluding hydrogens is 230 g/mol. The third kappa shape index (κ3) is 2.68. The highest BCUT2D eigenvalue weighted by Gasteiger charge is 2.22. The lowest BCUT2D eigenvalue weighted by atomic mass is 9.96. The Morgan fingerprint density at radius 3 is 2.89 bits per heavy atom. The lowest BCUT2D eigenvalue weighted by Crippen LogP contribution is -2.34. The fourth-order valence-electron chi connectivity index (χ4n) is 2.50. The van der Waals surface area contributed by atoms with Gasteiger partial charge < -0.3 is 14.8 Å². The minimum atomic E-state index is -0.00135. The molecule has 2 aliphatic heterocycles. The zero-order valence-corrected chi connectivity index (χ0v) is 10.5. The molecule has 2 saturated heterocycles. The second-order valence-electron chi connectivity index (χ2n) is 4.79. The molecule has 1 unspecified atom stereocenters. The van der Waals surface area contributed by atoms with Crippen molar-refractivity contribution in [3.63, 3.8) is 0 Å². The number of ether oxygens (including phenoxy) is 2. The van der Waals surface area contributed by atoms with E-state index >= 15 is 0 Å². The first-order chi connectivity index (χ1) is 8.93. The normalized spacial score (nSPS) is 26.1. The van der Waals surface area contributed by atoms with E-state index in [-0.39, 0.29) is 6.10 Å². The first-order valence-electron chi connectivity index (χ1n) is 6.66. The second kappa shape index (κ2) is 5.73. The molecule has 1 aromatic rings. The van der Waals surface area contributed by atoms with Crippen LogP contribution in [0.2, 0.25) is 0 Å². The Kier molecular flexibility index (Phi) is 3.83. The molecule has 5 heteroatoms. The van der Waals surface area contributed by atoms with Crippen LogP contribution in [0.25, 0.3) is 0 Å². The van der Waals surface area contributed by atoms with E-state index in [1.54, 1.807) is 0 Å². The van der Waals surface area contributed by atoms with E-state index in [1.165, 1.54) is 0 Å². The van der Waals surface area contributed by atoms with Crippen molar-refractivity contribution in [3.05, 3.63) is 23.8 Å². The average molecular weight is 249 g/mol. The van der Waals surface area contributed by atoms with E-state index < -0.39 is 0 Å². The molecule has 0 bridgehead atoms. The van der Waals surface area contributed by atoms with Crippen LogP contribution < -0.4 is 5.32 Å². The van der Waals surface area contributed by atoms with Crippen molar-refractivity contribution in [1.29, 1.82) is 0 Å². The van der Waals surface area contributed by atoms with Crippen LogP contribution in [0.5, 0.6) is 0 Å². The summed E-state index contributed by atoms with van der Waals surface area (Å²) in [6, 6.07) is 2.02. The summed E-state index contributed by atoms with van der Waals surface area (Å²) in [5.74, 6) is 1.32. The third-order valence-corrected chi connectivity index (χ3v) is 3.55. The highest BCUT2D eigenvalue weighted by atomic mass is 16.5. The van der Waals surface area contributed by atoms with Crippen molar-refractivity contribution in [3.8, 4) is 0 Å². The van der Waals surface area contributed by atoms with Crippen LogP contribution in [0.4, 0.5) is 0 Å². The Hall–Kier alpha value is -1.04. The van der Waals surface area contributed by atoms with Gasteiger partial charge in [-0.1, -0.05) is 0 Å². The molecule has 1 atom stereocenters. The van der Waals surface area contributed by atoms with Gasteiger partial charge in [-0.2, -0.15) is 0 Å². The quantitative estimate of drug-likeness (QED) is 0.848. The fourth-order valence-corrected chi connectivity index (χ4v) is 2.50. The summed E-state index contributed by atoms with van der Waals surface area (Å²) in [7, 11) is 0. The van der Waals surface area contributed by atoms with Crippen molar-refractivity contribution in [2.45, 2.75) is 24.9 Å². The number of rotatable bonds is 2. The molecule has 98 valence electrons. The molecule has 0 spiro atoms. The summed E-state index contributed by atoms with van der Waals surface area (Å²) >= 11 is 0. The third-order valence-electron chi connectivity index (χ3n) is 3.55. The van der Waals surface area contributed by atoms with Crippen molar-refractivity contribution >= 4 is 0 Å². The van der Waals surface area contributed by atoms with E-state index in [9.17, 15) is 0 Å². The molecule has 0 saturated carbocycles. The Morgan fingerprint density at radius 1 is 1.22 bits per heavy atom. The zero-order valence-electron chi connectivity index (χ0n) is 10.5. The maximum absolute atomic E-state index is 5.69. The minimum Gasteiger partial charge on any atom is -0.381 e. The van der Waals surface area contributed by atoms with Gasteiger partial charge in [0.1, 0.15) is 6.10 Å². The summed E-state index contributed by atoms with van der Waals surface area (Å²) in [4.78, 5) is 9.04. The van der Waals surface area contributed by atoms with Crippen molar-refractivity contribution < 1.29 is 9.47 Å². The van der Waals surface area contributed by atoms with Crippen LogP contribution in [0.3, 0.4) is 0 Å². The first kappa shape index (κ1) is 12.0. The Morgan fingerprint density at radius 2 is 2.11 bits per heavy atom. The standard InChI is InChI=1S/C13H19N3O2/c1-4-15-13(12-9-14-5-8-18-12)16-11(1)10-2-6-17-7-3-10/h1,4,10,12,14H,2-3,5-9H2. The monoisotopic (exact) mass is 249 g/mol. The van der Waals surface area contributed by atoms with Gasteiger partial charge in [0.15, 0.2) is 5.82 Å².